The molecule has 0 bridgehead atoms. The highest BCUT2D eigenvalue weighted by molar-refractivity contribution is 5.98. The number of amides is 1. The van der Waals surface area contributed by atoms with Gasteiger partial charge in [-0.25, -0.2) is 4.68 Å². The van der Waals surface area contributed by atoms with Crippen molar-refractivity contribution in [2.75, 3.05) is 38.3 Å². The van der Waals surface area contributed by atoms with Gasteiger partial charge in [0.15, 0.2) is 0 Å². The molecule has 2 saturated heterocycles. The van der Waals surface area contributed by atoms with Gasteiger partial charge in [-0.1, -0.05) is 24.3 Å². The van der Waals surface area contributed by atoms with E-state index in [2.05, 4.69) is 46.5 Å². The second-order valence-corrected chi connectivity index (χ2v) is 10.5. The smallest absolute Gasteiger partial charge is 0.248 e. The standard InChI is InChI=1S/C30H36N4O3/c1-36-27-7-4-6-24(18-27)29-30(35)33(16-5-15-32(29)20-22-9-10-22)26-13-11-23(12-14-26)25-19-31-34(21-25)28-8-2-3-17-37-28/h4,6-7,11-14,18-19,21-22,28-29H,2-3,5,8-10,15-17,20H2,1H3. The molecule has 1 amide bonds. The summed E-state index contributed by atoms with van der Waals surface area (Å²) in [4.78, 5) is 18.5. The molecule has 3 aliphatic rings. The second-order valence-electron chi connectivity index (χ2n) is 10.5. The first-order valence-corrected chi connectivity index (χ1v) is 13.6. The summed E-state index contributed by atoms with van der Waals surface area (Å²) in [6, 6.07) is 16.0. The molecule has 1 saturated carbocycles. The maximum Gasteiger partial charge on any atom is 0.248 e. The minimum Gasteiger partial charge on any atom is -0.497 e. The quantitative estimate of drug-likeness (QED) is 0.432. The van der Waals surface area contributed by atoms with Crippen molar-refractivity contribution in [2.45, 2.75) is 50.8 Å². The van der Waals surface area contributed by atoms with Crippen molar-refractivity contribution >= 4 is 11.6 Å². The van der Waals surface area contributed by atoms with Crippen LogP contribution in [0.1, 0.15) is 56.4 Å². The summed E-state index contributed by atoms with van der Waals surface area (Å²) < 4.78 is 13.3. The van der Waals surface area contributed by atoms with Crippen LogP contribution in [-0.4, -0.2) is 53.9 Å². The number of anilines is 1. The number of nitrogens with zero attached hydrogens (tertiary/aromatic N) is 4. The van der Waals surface area contributed by atoms with E-state index in [-0.39, 0.29) is 18.2 Å². The van der Waals surface area contributed by atoms with E-state index >= 15 is 0 Å². The SMILES string of the molecule is COc1cccc(C2C(=O)N(c3ccc(-c4cnn(C5CCCCO5)c4)cc3)CCCN2CC2CC2)c1. The molecule has 194 valence electrons. The molecule has 3 heterocycles. The average Bonchev–Trinajstić information content (AvgIpc) is 3.66. The molecule has 2 unspecified atom stereocenters. The zero-order valence-electron chi connectivity index (χ0n) is 21.6. The van der Waals surface area contributed by atoms with Crippen LogP contribution in [0, 0.1) is 5.92 Å². The average molecular weight is 501 g/mol. The molecule has 37 heavy (non-hydrogen) atoms. The zero-order valence-corrected chi connectivity index (χ0v) is 21.6. The van der Waals surface area contributed by atoms with Crippen molar-refractivity contribution in [1.29, 1.82) is 0 Å². The number of hydrogen-bond acceptors (Lipinski definition) is 5. The maximum absolute atomic E-state index is 14.1. The Morgan fingerprint density at radius 1 is 1.00 bits per heavy atom. The van der Waals surface area contributed by atoms with Gasteiger partial charge in [0.1, 0.15) is 18.0 Å². The van der Waals surface area contributed by atoms with Crippen molar-refractivity contribution in [3.05, 3.63) is 66.5 Å². The molecule has 2 atom stereocenters. The van der Waals surface area contributed by atoms with E-state index < -0.39 is 0 Å². The summed E-state index contributed by atoms with van der Waals surface area (Å²) in [5, 5.41) is 4.56. The van der Waals surface area contributed by atoms with Gasteiger partial charge < -0.3 is 14.4 Å². The van der Waals surface area contributed by atoms with Gasteiger partial charge in [0.05, 0.1) is 13.3 Å². The summed E-state index contributed by atoms with van der Waals surface area (Å²) >= 11 is 0. The van der Waals surface area contributed by atoms with E-state index in [1.807, 2.05) is 34.0 Å². The van der Waals surface area contributed by atoms with Gasteiger partial charge in [0, 0.05) is 43.7 Å². The fourth-order valence-electron chi connectivity index (χ4n) is 5.64. The van der Waals surface area contributed by atoms with Gasteiger partial charge >= 0.3 is 0 Å². The van der Waals surface area contributed by atoms with E-state index in [1.165, 1.54) is 19.3 Å². The predicted molar refractivity (Wildman–Crippen MR) is 144 cm³/mol. The summed E-state index contributed by atoms with van der Waals surface area (Å²) in [6.07, 6.45) is 10.8. The van der Waals surface area contributed by atoms with Crippen molar-refractivity contribution in [2.24, 2.45) is 5.92 Å². The molecular formula is C30H36N4O3. The van der Waals surface area contributed by atoms with Crippen LogP contribution in [0.25, 0.3) is 11.1 Å². The zero-order chi connectivity index (χ0) is 25.2. The van der Waals surface area contributed by atoms with E-state index in [1.54, 1.807) is 7.11 Å². The molecule has 2 aromatic carbocycles. The second kappa shape index (κ2) is 10.7. The summed E-state index contributed by atoms with van der Waals surface area (Å²) in [7, 11) is 1.68. The molecule has 2 aliphatic heterocycles. The number of benzene rings is 2. The number of aromatic nitrogens is 2. The first kappa shape index (κ1) is 24.2. The number of carbonyl (C=O) groups excluding carboxylic acids is 1. The van der Waals surface area contributed by atoms with Crippen molar-refractivity contribution in [3.8, 4) is 16.9 Å². The first-order valence-electron chi connectivity index (χ1n) is 13.6. The minimum absolute atomic E-state index is 0.0311. The van der Waals surface area contributed by atoms with Gasteiger partial charge in [0.2, 0.25) is 5.91 Å². The Balaban J connectivity index is 1.24. The maximum atomic E-state index is 14.1. The summed E-state index contributed by atoms with van der Waals surface area (Å²) in [5.41, 5.74) is 4.10. The Morgan fingerprint density at radius 2 is 1.86 bits per heavy atom. The third-order valence-electron chi connectivity index (χ3n) is 7.86. The molecule has 0 spiro atoms. The largest absolute Gasteiger partial charge is 0.497 e. The van der Waals surface area contributed by atoms with Crippen LogP contribution in [0.4, 0.5) is 5.69 Å². The fraction of sp³-hybridized carbons (Fsp3) is 0.467. The van der Waals surface area contributed by atoms with Crippen LogP contribution in [0.15, 0.2) is 60.9 Å². The Hall–Kier alpha value is -3.16. The monoisotopic (exact) mass is 500 g/mol. The molecule has 1 aliphatic carbocycles. The normalized spacial score (nSPS) is 23.2. The predicted octanol–water partition coefficient (Wildman–Crippen LogP) is 5.45. The highest BCUT2D eigenvalue weighted by Crippen LogP contribution is 2.37. The third kappa shape index (κ3) is 5.29. The Labute approximate surface area is 219 Å². The van der Waals surface area contributed by atoms with Crippen molar-refractivity contribution in [3.63, 3.8) is 0 Å². The van der Waals surface area contributed by atoms with Gasteiger partial charge in [-0.2, -0.15) is 5.10 Å². The Bertz CT molecular complexity index is 1210. The van der Waals surface area contributed by atoms with Crippen LogP contribution in [0.2, 0.25) is 0 Å². The highest BCUT2D eigenvalue weighted by atomic mass is 16.5. The van der Waals surface area contributed by atoms with Crippen molar-refractivity contribution in [1.82, 2.24) is 14.7 Å². The number of methoxy groups -OCH3 is 1. The van der Waals surface area contributed by atoms with E-state index in [9.17, 15) is 4.79 Å². The molecule has 7 heteroatoms. The van der Waals surface area contributed by atoms with Gasteiger partial charge in [0.25, 0.3) is 0 Å². The van der Waals surface area contributed by atoms with Gasteiger partial charge in [-0.15, -0.1) is 0 Å². The van der Waals surface area contributed by atoms with Crippen LogP contribution in [0.3, 0.4) is 0 Å². The van der Waals surface area contributed by atoms with Gasteiger partial charge in [-0.05, 0) is 79.8 Å². The fourth-order valence-corrected chi connectivity index (χ4v) is 5.64. The molecule has 0 N–H and O–H groups in total. The lowest BCUT2D eigenvalue weighted by Crippen LogP contribution is -2.40. The third-order valence-corrected chi connectivity index (χ3v) is 7.86. The lowest BCUT2D eigenvalue weighted by Gasteiger charge is -2.31. The summed E-state index contributed by atoms with van der Waals surface area (Å²) in [5.74, 6) is 1.64. The molecule has 3 aromatic rings. The van der Waals surface area contributed by atoms with E-state index in [0.717, 1.165) is 73.6 Å². The molecule has 6 rings (SSSR count). The number of ether oxygens (including phenoxy) is 2. The first-order chi connectivity index (χ1) is 18.2. The van der Waals surface area contributed by atoms with E-state index in [4.69, 9.17) is 9.47 Å². The molecule has 1 aromatic heterocycles. The van der Waals surface area contributed by atoms with Gasteiger partial charge in [-0.3, -0.25) is 9.69 Å². The highest BCUT2D eigenvalue weighted by Gasteiger charge is 2.37. The number of hydrogen-bond donors (Lipinski definition) is 0. The van der Waals surface area contributed by atoms with Crippen LogP contribution < -0.4 is 9.64 Å². The van der Waals surface area contributed by atoms with Crippen LogP contribution in [-0.2, 0) is 9.53 Å². The lowest BCUT2D eigenvalue weighted by molar-refractivity contribution is -0.123. The number of rotatable bonds is 7. The van der Waals surface area contributed by atoms with E-state index in [0.29, 0.717) is 5.92 Å². The molecule has 0 radical (unpaired) electrons. The molecular weight excluding hydrogens is 464 g/mol. The van der Waals surface area contributed by atoms with Crippen LogP contribution >= 0.6 is 0 Å². The van der Waals surface area contributed by atoms with Crippen molar-refractivity contribution < 1.29 is 14.3 Å². The molecule has 7 nitrogen and oxygen atoms in total. The summed E-state index contributed by atoms with van der Waals surface area (Å²) in [6.45, 7) is 3.42. The molecule has 3 fully saturated rings. The number of carbonyl (C=O) groups is 1. The Kier molecular flexibility index (Phi) is 6.98. The minimum atomic E-state index is -0.299. The van der Waals surface area contributed by atoms with Crippen LogP contribution in [0.5, 0.6) is 5.75 Å². The Morgan fingerprint density at radius 3 is 2.62 bits per heavy atom. The topological polar surface area (TPSA) is 59.8 Å². The lowest BCUT2D eigenvalue weighted by atomic mass is 10.0.